The summed E-state index contributed by atoms with van der Waals surface area (Å²) in [5.74, 6) is 0.961. The molecule has 3 fully saturated rings. The Balaban J connectivity index is 0.000000290. The van der Waals surface area contributed by atoms with Crippen LogP contribution in [0.3, 0.4) is 0 Å². The molecule has 3 saturated heterocycles. The van der Waals surface area contributed by atoms with Crippen LogP contribution in [0.25, 0.3) is 0 Å². The van der Waals surface area contributed by atoms with Gasteiger partial charge in [-0.15, -0.1) is 0 Å². The van der Waals surface area contributed by atoms with Gasteiger partial charge in [0.25, 0.3) is 11.8 Å². The zero-order chi connectivity index (χ0) is 53.2. The van der Waals surface area contributed by atoms with Gasteiger partial charge in [0.2, 0.25) is 0 Å². The van der Waals surface area contributed by atoms with Gasteiger partial charge in [0.15, 0.2) is 0 Å². The maximum Gasteiger partial charge on any atom is 0.409 e. The molecular formula is C58H84ClN5O9. The highest BCUT2D eigenvalue weighted by atomic mass is 35.5. The smallest absolute Gasteiger partial charge is 0.409 e. The van der Waals surface area contributed by atoms with Gasteiger partial charge in [-0.05, 0) is 144 Å². The molecule has 3 amide bonds. The summed E-state index contributed by atoms with van der Waals surface area (Å²) in [6.07, 6.45) is 7.85. The van der Waals surface area contributed by atoms with Crippen molar-refractivity contribution in [2.45, 2.75) is 86.0 Å². The Bertz CT molecular complexity index is 2130. The molecule has 4 aromatic rings. The van der Waals surface area contributed by atoms with Crippen LogP contribution in [0.1, 0.15) is 105 Å². The van der Waals surface area contributed by atoms with Crippen molar-refractivity contribution in [1.82, 2.24) is 25.8 Å². The number of nitrogens with one attached hydrogen (secondary N) is 3. The topological polar surface area (TPSA) is 157 Å². The predicted molar refractivity (Wildman–Crippen MR) is 292 cm³/mol. The second kappa shape index (κ2) is 35.5. The first-order valence-corrected chi connectivity index (χ1v) is 26.4. The maximum atomic E-state index is 12.8. The Morgan fingerprint density at radius 2 is 1.01 bits per heavy atom. The van der Waals surface area contributed by atoms with Crippen molar-refractivity contribution in [3.05, 3.63) is 131 Å². The number of nitrogens with zero attached hydrogens (tertiary/aromatic N) is 2. The lowest BCUT2D eigenvalue weighted by molar-refractivity contribution is 0.0642. The average Bonchev–Trinajstić information content (AvgIpc) is 4.03. The maximum absolute atomic E-state index is 12.8. The number of amides is 3. The number of methoxy groups -OCH3 is 2. The quantitative estimate of drug-likeness (QED) is 0.0865. The van der Waals surface area contributed by atoms with E-state index in [4.69, 9.17) is 30.5 Å². The minimum absolute atomic E-state index is 0.0663. The molecule has 14 nitrogen and oxygen atoms in total. The summed E-state index contributed by atoms with van der Waals surface area (Å²) in [5, 5.41) is 9.71. The molecule has 0 unspecified atom stereocenters. The van der Waals surface area contributed by atoms with Crippen molar-refractivity contribution < 1.29 is 42.9 Å². The van der Waals surface area contributed by atoms with E-state index in [1.807, 2.05) is 61.5 Å². The molecule has 4 aromatic carbocycles. The Hall–Kier alpha value is -5.67. The van der Waals surface area contributed by atoms with Crippen molar-refractivity contribution in [1.29, 1.82) is 0 Å². The molecule has 3 N–H and O–H groups in total. The van der Waals surface area contributed by atoms with Crippen LogP contribution in [0, 0.1) is 10.8 Å². The van der Waals surface area contributed by atoms with E-state index >= 15 is 0 Å². The predicted octanol–water partition coefficient (Wildman–Crippen LogP) is 10.5. The number of benzene rings is 4. The lowest BCUT2D eigenvalue weighted by Gasteiger charge is -2.41. The molecule has 0 radical (unpaired) electrons. The Morgan fingerprint density at radius 3 is 1.36 bits per heavy atom. The third-order valence-electron chi connectivity index (χ3n) is 13.2. The summed E-state index contributed by atoms with van der Waals surface area (Å²) < 4.78 is 24.9. The van der Waals surface area contributed by atoms with E-state index in [9.17, 15) is 19.2 Å². The van der Waals surface area contributed by atoms with Gasteiger partial charge >= 0.3 is 11.5 Å². The molecule has 0 saturated carbocycles. The highest BCUT2D eigenvalue weighted by Gasteiger charge is 2.37. The fraction of sp³-hybridized carbons (Fsp3) is 0.517. The summed E-state index contributed by atoms with van der Waals surface area (Å²) in [6, 6.07) is 35.4. The van der Waals surface area contributed by atoms with Crippen LogP contribution in [-0.2, 0) is 27.1 Å². The SMILES string of the molecule is C1CCOC1.CCN(CC)CC.CCOC(=O)Cl.CCOC(=O)N1CCC(CNC(=O)c2ccccc2OC)(Cc2ccccc2)CC1.COc1ccccc1C(=O)NCC1(Cc2ccccc2)CCNCC1. The van der Waals surface area contributed by atoms with Crippen molar-refractivity contribution >= 4 is 34.9 Å². The lowest BCUT2D eigenvalue weighted by atomic mass is 9.73. The standard InChI is InChI=1S/C24H30N2O4.C21H26N2O2.C6H15N.C4H8O.C3H5ClO2/c1-3-30-23(28)26-15-13-24(14-16-26,17-19-9-5-4-6-10-19)18-25-22(27)20-11-7-8-12-21(20)29-2;1-25-19-10-6-5-9-18(19)20(24)23-16-21(11-13-22-14-12-21)15-17-7-3-2-4-8-17;1-4-7(5-2)6-3;1-2-4-5-3-1;1-2-6-3(4)5/h4-12H,3,13-18H2,1-2H3,(H,25,27);2-10,22H,11-16H2,1H3,(H,23,24);4-6H2,1-3H3;1-4H2;2H2,1H3. The third kappa shape index (κ3) is 23.0. The number of carbonyl (C=O) groups excluding carboxylic acids is 4. The Morgan fingerprint density at radius 1 is 0.603 bits per heavy atom. The number of carbonyl (C=O) groups is 4. The molecule has 3 aliphatic rings. The molecule has 0 spiro atoms. The van der Waals surface area contributed by atoms with E-state index < -0.39 is 5.43 Å². The second-order valence-electron chi connectivity index (χ2n) is 18.1. The number of para-hydroxylation sites is 2. The van der Waals surface area contributed by atoms with Crippen LogP contribution in [0.2, 0.25) is 0 Å². The number of ether oxygens (including phenoxy) is 5. The normalized spacial score (nSPS) is 15.1. The molecule has 73 heavy (non-hydrogen) atoms. The summed E-state index contributed by atoms with van der Waals surface area (Å²) in [6.45, 7) is 20.8. The monoisotopic (exact) mass is 1030 g/mol. The highest BCUT2D eigenvalue weighted by molar-refractivity contribution is 6.61. The van der Waals surface area contributed by atoms with Crippen LogP contribution in [0.4, 0.5) is 9.59 Å². The molecule has 0 bridgehead atoms. The third-order valence-corrected chi connectivity index (χ3v) is 13.3. The van der Waals surface area contributed by atoms with E-state index in [1.54, 1.807) is 44.2 Å². The van der Waals surface area contributed by atoms with Crippen LogP contribution < -0.4 is 25.4 Å². The number of likely N-dealkylation sites (tertiary alicyclic amines) is 1. The summed E-state index contributed by atoms with van der Waals surface area (Å²) in [4.78, 5) is 51.3. The zero-order valence-electron chi connectivity index (χ0n) is 44.7. The van der Waals surface area contributed by atoms with Gasteiger partial charge in [0, 0.05) is 51.0 Å². The molecule has 0 aromatic heterocycles. The summed E-state index contributed by atoms with van der Waals surface area (Å²) >= 11 is 4.72. The van der Waals surface area contributed by atoms with Crippen molar-refractivity contribution in [3.63, 3.8) is 0 Å². The van der Waals surface area contributed by atoms with Gasteiger partial charge < -0.3 is 49.4 Å². The van der Waals surface area contributed by atoms with E-state index in [-0.39, 0.29) is 28.7 Å². The first-order valence-electron chi connectivity index (χ1n) is 26.1. The molecule has 15 heteroatoms. The van der Waals surface area contributed by atoms with Crippen molar-refractivity contribution in [2.24, 2.45) is 10.8 Å². The molecular weight excluding hydrogens is 946 g/mol. The molecule has 0 aliphatic carbocycles. The fourth-order valence-corrected chi connectivity index (χ4v) is 9.02. The largest absolute Gasteiger partial charge is 0.496 e. The molecule has 0 atom stereocenters. The minimum Gasteiger partial charge on any atom is -0.496 e. The minimum atomic E-state index is -0.738. The number of rotatable bonds is 17. The molecule has 3 heterocycles. The first kappa shape index (κ1) is 61.6. The van der Waals surface area contributed by atoms with Crippen molar-refractivity contribution in [3.8, 4) is 11.5 Å². The summed E-state index contributed by atoms with van der Waals surface area (Å²) in [7, 11) is 3.16. The Kier molecular flexibility index (Phi) is 30.0. The van der Waals surface area contributed by atoms with Crippen LogP contribution in [0.15, 0.2) is 109 Å². The lowest BCUT2D eigenvalue weighted by Crippen LogP contribution is -2.49. The van der Waals surface area contributed by atoms with E-state index in [0.717, 1.165) is 64.8 Å². The number of hydrogen-bond donors (Lipinski definition) is 3. The van der Waals surface area contributed by atoms with Gasteiger partial charge in [-0.3, -0.25) is 9.59 Å². The number of hydrogen-bond acceptors (Lipinski definition) is 11. The van der Waals surface area contributed by atoms with Gasteiger partial charge in [-0.1, -0.05) is 106 Å². The summed E-state index contributed by atoms with van der Waals surface area (Å²) in [5.41, 5.74) is 2.92. The molecule has 7 rings (SSSR count). The molecule has 402 valence electrons. The van der Waals surface area contributed by atoms with Gasteiger partial charge in [0.05, 0.1) is 38.6 Å². The number of piperidine rings is 2. The highest BCUT2D eigenvalue weighted by Crippen LogP contribution is 2.36. The second-order valence-corrected chi connectivity index (χ2v) is 18.4. The van der Waals surface area contributed by atoms with Crippen LogP contribution in [0.5, 0.6) is 11.5 Å². The zero-order valence-corrected chi connectivity index (χ0v) is 45.4. The average molecular weight is 1030 g/mol. The number of halogens is 1. The van der Waals surface area contributed by atoms with E-state index in [1.165, 1.54) is 43.6 Å². The van der Waals surface area contributed by atoms with Crippen LogP contribution in [-0.4, -0.2) is 133 Å². The van der Waals surface area contributed by atoms with Crippen molar-refractivity contribution in [2.75, 3.05) is 99.5 Å². The Labute approximate surface area is 441 Å². The molecule has 3 aliphatic heterocycles. The van der Waals surface area contributed by atoms with E-state index in [2.05, 4.69) is 82.8 Å². The van der Waals surface area contributed by atoms with Gasteiger partial charge in [-0.25, -0.2) is 9.59 Å². The van der Waals surface area contributed by atoms with E-state index in [0.29, 0.717) is 62.0 Å². The van der Waals surface area contributed by atoms with Gasteiger partial charge in [-0.2, -0.15) is 0 Å². The fourth-order valence-electron chi connectivity index (χ4n) is 8.91. The van der Waals surface area contributed by atoms with Crippen LogP contribution >= 0.6 is 11.6 Å². The first-order chi connectivity index (χ1) is 35.4. The van der Waals surface area contributed by atoms with Gasteiger partial charge in [0.1, 0.15) is 11.5 Å².